The van der Waals surface area contributed by atoms with Crippen LogP contribution in [-0.4, -0.2) is 7.05 Å². The molecule has 0 radical (unpaired) electrons. The maximum Gasteiger partial charge on any atom is 0.0463 e. The molecule has 1 heteroatoms. The number of rotatable bonds is 1. The predicted molar refractivity (Wildman–Crippen MR) is 72.2 cm³/mol. The van der Waals surface area contributed by atoms with Crippen molar-refractivity contribution in [1.82, 2.24) is 5.32 Å². The van der Waals surface area contributed by atoms with Crippen LogP contribution < -0.4 is 5.32 Å². The second kappa shape index (κ2) is 4.13. The first kappa shape index (κ1) is 11.3. The zero-order chi connectivity index (χ0) is 11.9. The second-order valence-electron chi connectivity index (χ2n) is 5.89. The van der Waals surface area contributed by atoms with Gasteiger partial charge < -0.3 is 5.32 Å². The van der Waals surface area contributed by atoms with E-state index in [1.807, 2.05) is 0 Å². The standard InChI is InChI=1S/C16H23N/c1-12-11-13-7-5-6-10-16(13,17-2)15-9-4-3-8-14(12)15/h3-4,8-9,12-13,17H,5-7,10-11H2,1-2H3/t12-,13-,16-/m1/s1. The van der Waals surface area contributed by atoms with E-state index in [1.165, 1.54) is 32.1 Å². The highest BCUT2D eigenvalue weighted by atomic mass is 15.0. The van der Waals surface area contributed by atoms with E-state index < -0.39 is 0 Å². The summed E-state index contributed by atoms with van der Waals surface area (Å²) in [5, 5.41) is 3.70. The largest absolute Gasteiger partial charge is 0.310 e. The van der Waals surface area contributed by atoms with Crippen LogP contribution in [0, 0.1) is 5.92 Å². The maximum absolute atomic E-state index is 3.70. The molecule has 0 bridgehead atoms. The molecule has 1 saturated carbocycles. The van der Waals surface area contributed by atoms with Gasteiger partial charge >= 0.3 is 0 Å². The monoisotopic (exact) mass is 229 g/mol. The minimum atomic E-state index is 0.279. The smallest absolute Gasteiger partial charge is 0.0463 e. The zero-order valence-corrected chi connectivity index (χ0v) is 11.0. The molecule has 0 spiro atoms. The Bertz CT molecular complexity index is 412. The van der Waals surface area contributed by atoms with Gasteiger partial charge in [0.1, 0.15) is 0 Å². The fraction of sp³-hybridized carbons (Fsp3) is 0.625. The van der Waals surface area contributed by atoms with Crippen molar-refractivity contribution in [2.45, 2.75) is 50.5 Å². The van der Waals surface area contributed by atoms with E-state index in [9.17, 15) is 0 Å². The molecule has 1 nitrogen and oxygen atoms in total. The lowest BCUT2D eigenvalue weighted by Crippen LogP contribution is -2.51. The molecule has 0 amide bonds. The summed E-state index contributed by atoms with van der Waals surface area (Å²) in [7, 11) is 2.16. The average Bonchev–Trinajstić information content (AvgIpc) is 2.39. The third kappa shape index (κ3) is 1.55. The van der Waals surface area contributed by atoms with Crippen LogP contribution >= 0.6 is 0 Å². The first-order chi connectivity index (χ1) is 8.28. The van der Waals surface area contributed by atoms with Crippen LogP contribution in [0.25, 0.3) is 0 Å². The number of fused-ring (bicyclic) bond motifs is 3. The fourth-order valence-electron chi connectivity index (χ4n) is 4.27. The number of nitrogens with one attached hydrogen (secondary N) is 1. The Morgan fingerprint density at radius 3 is 2.88 bits per heavy atom. The van der Waals surface area contributed by atoms with Crippen molar-refractivity contribution < 1.29 is 0 Å². The van der Waals surface area contributed by atoms with Gasteiger partial charge in [-0.05, 0) is 49.3 Å². The highest BCUT2D eigenvalue weighted by Gasteiger charge is 2.45. The number of benzene rings is 1. The quantitative estimate of drug-likeness (QED) is 0.772. The zero-order valence-electron chi connectivity index (χ0n) is 11.0. The lowest BCUT2D eigenvalue weighted by Gasteiger charge is -2.50. The molecule has 2 aliphatic carbocycles. The molecule has 3 atom stereocenters. The molecule has 3 rings (SSSR count). The summed E-state index contributed by atoms with van der Waals surface area (Å²) in [4.78, 5) is 0. The highest BCUT2D eigenvalue weighted by Crippen LogP contribution is 2.51. The van der Waals surface area contributed by atoms with Gasteiger partial charge in [-0.25, -0.2) is 0 Å². The summed E-state index contributed by atoms with van der Waals surface area (Å²) in [6.45, 7) is 2.40. The molecule has 92 valence electrons. The molecule has 0 aromatic heterocycles. The van der Waals surface area contributed by atoms with Crippen LogP contribution in [0.15, 0.2) is 24.3 Å². The molecule has 1 N–H and O–H groups in total. The molecule has 0 unspecified atom stereocenters. The van der Waals surface area contributed by atoms with E-state index in [-0.39, 0.29) is 5.54 Å². The van der Waals surface area contributed by atoms with Crippen molar-refractivity contribution in [1.29, 1.82) is 0 Å². The SMILES string of the molecule is CN[C@]12CCCC[C@@H]1C[C@@H](C)c1ccccc12. The van der Waals surface area contributed by atoms with Gasteiger partial charge in [-0.2, -0.15) is 0 Å². The Hall–Kier alpha value is -0.820. The summed E-state index contributed by atoms with van der Waals surface area (Å²) >= 11 is 0. The van der Waals surface area contributed by atoms with Crippen LogP contribution in [0.3, 0.4) is 0 Å². The molecule has 2 aliphatic rings. The number of hydrogen-bond donors (Lipinski definition) is 1. The summed E-state index contributed by atoms with van der Waals surface area (Å²) in [5.74, 6) is 1.57. The Balaban J connectivity index is 2.14. The summed E-state index contributed by atoms with van der Waals surface area (Å²) < 4.78 is 0. The van der Waals surface area contributed by atoms with Crippen molar-refractivity contribution in [3.05, 3.63) is 35.4 Å². The topological polar surface area (TPSA) is 12.0 Å². The van der Waals surface area contributed by atoms with Gasteiger partial charge in [0.15, 0.2) is 0 Å². The summed E-state index contributed by atoms with van der Waals surface area (Å²) in [5.41, 5.74) is 3.45. The lowest BCUT2D eigenvalue weighted by atomic mass is 9.60. The van der Waals surface area contributed by atoms with E-state index in [2.05, 4.69) is 43.6 Å². The van der Waals surface area contributed by atoms with Crippen molar-refractivity contribution in [3.63, 3.8) is 0 Å². The van der Waals surface area contributed by atoms with E-state index in [0.29, 0.717) is 0 Å². The van der Waals surface area contributed by atoms with Crippen LogP contribution in [0.4, 0.5) is 0 Å². The van der Waals surface area contributed by atoms with E-state index >= 15 is 0 Å². The Morgan fingerprint density at radius 2 is 2.06 bits per heavy atom. The highest BCUT2D eigenvalue weighted by molar-refractivity contribution is 5.40. The third-order valence-corrected chi connectivity index (χ3v) is 5.13. The van der Waals surface area contributed by atoms with Gasteiger partial charge in [0.2, 0.25) is 0 Å². The Labute approximate surface area is 105 Å². The minimum absolute atomic E-state index is 0.279. The first-order valence-corrected chi connectivity index (χ1v) is 7.06. The molecular weight excluding hydrogens is 206 g/mol. The first-order valence-electron chi connectivity index (χ1n) is 7.06. The Kier molecular flexibility index (Phi) is 2.74. The van der Waals surface area contributed by atoms with Crippen molar-refractivity contribution in [2.24, 2.45) is 5.92 Å². The second-order valence-corrected chi connectivity index (χ2v) is 5.89. The number of hydrogen-bond acceptors (Lipinski definition) is 1. The average molecular weight is 229 g/mol. The molecular formula is C16H23N. The molecule has 1 aromatic rings. The van der Waals surface area contributed by atoms with Crippen molar-refractivity contribution in [3.8, 4) is 0 Å². The van der Waals surface area contributed by atoms with Crippen molar-refractivity contribution in [2.75, 3.05) is 7.05 Å². The molecule has 17 heavy (non-hydrogen) atoms. The van der Waals surface area contributed by atoms with Crippen molar-refractivity contribution >= 4 is 0 Å². The molecule has 1 aromatic carbocycles. The van der Waals surface area contributed by atoms with Gasteiger partial charge in [-0.1, -0.05) is 44.0 Å². The third-order valence-electron chi connectivity index (χ3n) is 5.13. The van der Waals surface area contributed by atoms with Crippen LogP contribution in [0.1, 0.15) is 56.1 Å². The van der Waals surface area contributed by atoms with Gasteiger partial charge in [-0.15, -0.1) is 0 Å². The maximum atomic E-state index is 3.70. The molecule has 0 heterocycles. The van der Waals surface area contributed by atoms with Gasteiger partial charge in [0.25, 0.3) is 0 Å². The molecule has 0 aliphatic heterocycles. The van der Waals surface area contributed by atoms with Gasteiger partial charge in [-0.3, -0.25) is 0 Å². The van der Waals surface area contributed by atoms with Gasteiger partial charge in [0.05, 0.1) is 0 Å². The van der Waals surface area contributed by atoms with E-state index in [4.69, 9.17) is 0 Å². The van der Waals surface area contributed by atoms with Crippen LogP contribution in [0.2, 0.25) is 0 Å². The predicted octanol–water partition coefficient (Wildman–Crippen LogP) is 3.80. The summed E-state index contributed by atoms with van der Waals surface area (Å²) in [6, 6.07) is 9.10. The summed E-state index contributed by atoms with van der Waals surface area (Å²) in [6.07, 6.45) is 6.87. The fourth-order valence-corrected chi connectivity index (χ4v) is 4.27. The Morgan fingerprint density at radius 1 is 1.24 bits per heavy atom. The molecule has 0 saturated heterocycles. The van der Waals surface area contributed by atoms with Crippen LogP contribution in [-0.2, 0) is 5.54 Å². The van der Waals surface area contributed by atoms with Crippen LogP contribution in [0.5, 0.6) is 0 Å². The molecule has 1 fully saturated rings. The normalized spacial score (nSPS) is 36.1. The minimum Gasteiger partial charge on any atom is -0.310 e. The van der Waals surface area contributed by atoms with Gasteiger partial charge in [0, 0.05) is 5.54 Å². The van der Waals surface area contributed by atoms with E-state index in [1.54, 1.807) is 11.1 Å². The lowest BCUT2D eigenvalue weighted by molar-refractivity contribution is 0.120. The van der Waals surface area contributed by atoms with E-state index in [0.717, 1.165) is 11.8 Å².